The minimum absolute atomic E-state index is 0.157. The molecule has 0 saturated carbocycles. The Morgan fingerprint density at radius 3 is 2.64 bits per heavy atom. The van der Waals surface area contributed by atoms with Gasteiger partial charge in [0.25, 0.3) is 0 Å². The van der Waals surface area contributed by atoms with E-state index >= 15 is 0 Å². The summed E-state index contributed by atoms with van der Waals surface area (Å²) >= 11 is 0. The van der Waals surface area contributed by atoms with Gasteiger partial charge < -0.3 is 0 Å². The van der Waals surface area contributed by atoms with Gasteiger partial charge >= 0.3 is 0 Å². The highest BCUT2D eigenvalue weighted by molar-refractivity contribution is 5.79. The fourth-order valence-electron chi connectivity index (χ4n) is 0.767. The van der Waals surface area contributed by atoms with E-state index < -0.39 is 23.7 Å². The molecule has 0 N–H and O–H groups in total. The Morgan fingerprint density at radius 1 is 1.45 bits per heavy atom. The Balaban J connectivity index is 2.96. The second-order valence-corrected chi connectivity index (χ2v) is 2.13. The normalized spacial score (nSPS) is 30.8. The highest BCUT2D eigenvalue weighted by Gasteiger charge is 2.28. The molecule has 0 aromatic heterocycles. The first-order chi connectivity index (χ1) is 5.16. The second kappa shape index (κ2) is 2.90. The standard InChI is InChI=1S/C7H5F3O/c8-5-2-1-4(3-11)6(9)7(5)10/h1-3,5,7H. The lowest BCUT2D eigenvalue weighted by molar-refractivity contribution is -0.104. The van der Waals surface area contributed by atoms with Crippen molar-refractivity contribution < 1.29 is 18.0 Å². The monoisotopic (exact) mass is 162 g/mol. The van der Waals surface area contributed by atoms with Gasteiger partial charge in [-0.05, 0) is 12.2 Å². The molecule has 0 amide bonds. The van der Waals surface area contributed by atoms with Crippen LogP contribution in [0.4, 0.5) is 13.2 Å². The molecule has 0 aromatic carbocycles. The first kappa shape index (κ1) is 8.04. The molecule has 1 rings (SSSR count). The topological polar surface area (TPSA) is 17.1 Å². The minimum atomic E-state index is -2.32. The Bertz CT molecular complexity index is 232. The van der Waals surface area contributed by atoms with E-state index in [1.807, 2.05) is 0 Å². The smallest absolute Gasteiger partial charge is 0.187 e. The van der Waals surface area contributed by atoms with Crippen molar-refractivity contribution in [3.8, 4) is 0 Å². The van der Waals surface area contributed by atoms with Gasteiger partial charge in [-0.1, -0.05) is 0 Å². The summed E-state index contributed by atoms with van der Waals surface area (Å²) in [6.07, 6.45) is -2.39. The minimum Gasteiger partial charge on any atom is -0.298 e. The zero-order valence-corrected chi connectivity index (χ0v) is 5.43. The van der Waals surface area contributed by atoms with Gasteiger partial charge in [-0.3, -0.25) is 4.79 Å². The predicted octanol–water partition coefficient (Wildman–Crippen LogP) is 1.65. The molecule has 0 saturated heterocycles. The highest BCUT2D eigenvalue weighted by Crippen LogP contribution is 2.24. The summed E-state index contributed by atoms with van der Waals surface area (Å²) in [4.78, 5) is 9.98. The van der Waals surface area contributed by atoms with E-state index in [-0.39, 0.29) is 6.29 Å². The van der Waals surface area contributed by atoms with Crippen LogP contribution >= 0.6 is 0 Å². The van der Waals surface area contributed by atoms with Gasteiger partial charge in [0.05, 0.1) is 0 Å². The highest BCUT2D eigenvalue weighted by atomic mass is 19.2. The number of hydrogen-bond donors (Lipinski definition) is 0. The molecule has 60 valence electrons. The molecule has 0 bridgehead atoms. The van der Waals surface area contributed by atoms with Crippen LogP contribution < -0.4 is 0 Å². The Kier molecular flexibility index (Phi) is 2.12. The van der Waals surface area contributed by atoms with E-state index in [0.29, 0.717) is 0 Å². The van der Waals surface area contributed by atoms with Crippen LogP contribution in [0.25, 0.3) is 0 Å². The van der Waals surface area contributed by atoms with E-state index in [2.05, 4.69) is 0 Å². The summed E-state index contributed by atoms with van der Waals surface area (Å²) in [7, 11) is 0. The number of rotatable bonds is 1. The number of carbonyl (C=O) groups is 1. The lowest BCUT2D eigenvalue weighted by Crippen LogP contribution is -2.20. The van der Waals surface area contributed by atoms with Gasteiger partial charge in [0, 0.05) is 5.57 Å². The molecule has 0 heterocycles. The fourth-order valence-corrected chi connectivity index (χ4v) is 0.767. The lowest BCUT2D eigenvalue weighted by atomic mass is 10.0. The van der Waals surface area contributed by atoms with Gasteiger partial charge in [0.2, 0.25) is 0 Å². The number of aldehydes is 1. The van der Waals surface area contributed by atoms with Crippen molar-refractivity contribution in [1.29, 1.82) is 0 Å². The van der Waals surface area contributed by atoms with Gasteiger partial charge in [-0.15, -0.1) is 0 Å². The molecule has 0 spiro atoms. The van der Waals surface area contributed by atoms with Crippen molar-refractivity contribution in [3.63, 3.8) is 0 Å². The number of hydrogen-bond acceptors (Lipinski definition) is 1. The molecule has 0 fully saturated rings. The predicted molar refractivity (Wildman–Crippen MR) is 33.1 cm³/mol. The summed E-state index contributed by atoms with van der Waals surface area (Å²) in [6, 6.07) is 0. The molecule has 2 unspecified atom stereocenters. The molecule has 2 atom stereocenters. The number of carbonyl (C=O) groups excluding carboxylic acids is 1. The van der Waals surface area contributed by atoms with Crippen LogP contribution in [0, 0.1) is 0 Å². The van der Waals surface area contributed by atoms with Crippen molar-refractivity contribution in [2.45, 2.75) is 12.3 Å². The van der Waals surface area contributed by atoms with Crippen LogP contribution in [-0.2, 0) is 4.79 Å². The van der Waals surface area contributed by atoms with Crippen LogP contribution in [0.3, 0.4) is 0 Å². The summed E-state index contributed by atoms with van der Waals surface area (Å²) in [5.41, 5.74) is -0.425. The molecule has 0 aliphatic heterocycles. The van der Waals surface area contributed by atoms with Crippen LogP contribution in [-0.4, -0.2) is 18.6 Å². The molecule has 1 aliphatic carbocycles. The van der Waals surface area contributed by atoms with E-state index in [4.69, 9.17) is 0 Å². The molecule has 0 radical (unpaired) electrons. The Hall–Kier alpha value is -1.06. The summed E-state index contributed by atoms with van der Waals surface area (Å²) in [5.74, 6) is -1.32. The fraction of sp³-hybridized carbons (Fsp3) is 0.286. The van der Waals surface area contributed by atoms with Gasteiger partial charge in [0.1, 0.15) is 5.83 Å². The summed E-state index contributed by atoms with van der Waals surface area (Å²) in [5, 5.41) is 0. The van der Waals surface area contributed by atoms with E-state index in [9.17, 15) is 18.0 Å². The Morgan fingerprint density at radius 2 is 2.09 bits per heavy atom. The second-order valence-electron chi connectivity index (χ2n) is 2.13. The van der Waals surface area contributed by atoms with Crippen molar-refractivity contribution in [2.75, 3.05) is 0 Å². The van der Waals surface area contributed by atoms with Gasteiger partial charge in [0.15, 0.2) is 18.6 Å². The lowest BCUT2D eigenvalue weighted by Gasteiger charge is -2.12. The maximum Gasteiger partial charge on any atom is 0.187 e. The van der Waals surface area contributed by atoms with Crippen molar-refractivity contribution in [1.82, 2.24) is 0 Å². The third kappa shape index (κ3) is 1.34. The maximum absolute atomic E-state index is 12.5. The molecule has 0 aromatic rings. The SMILES string of the molecule is O=CC1=C(F)C(F)C(F)C=C1. The first-order valence-corrected chi connectivity index (χ1v) is 2.98. The Labute approximate surface area is 61.2 Å². The summed E-state index contributed by atoms with van der Waals surface area (Å²) < 4.78 is 37.1. The van der Waals surface area contributed by atoms with Crippen molar-refractivity contribution in [2.24, 2.45) is 0 Å². The zero-order chi connectivity index (χ0) is 8.43. The molecular formula is C7H5F3O. The third-order valence-electron chi connectivity index (χ3n) is 1.38. The van der Waals surface area contributed by atoms with Crippen LogP contribution in [0.1, 0.15) is 0 Å². The molecule has 4 heteroatoms. The maximum atomic E-state index is 12.5. The van der Waals surface area contributed by atoms with E-state index in [1.54, 1.807) is 0 Å². The van der Waals surface area contributed by atoms with Gasteiger partial charge in [-0.2, -0.15) is 0 Å². The number of allylic oxidation sites excluding steroid dienone is 4. The largest absolute Gasteiger partial charge is 0.298 e. The average Bonchev–Trinajstić information content (AvgIpc) is 2.01. The van der Waals surface area contributed by atoms with E-state index in [1.165, 1.54) is 0 Å². The average molecular weight is 162 g/mol. The third-order valence-corrected chi connectivity index (χ3v) is 1.38. The van der Waals surface area contributed by atoms with Crippen LogP contribution in [0.2, 0.25) is 0 Å². The summed E-state index contributed by atoms with van der Waals surface area (Å²) in [6.45, 7) is 0. The zero-order valence-electron chi connectivity index (χ0n) is 5.43. The first-order valence-electron chi connectivity index (χ1n) is 2.98. The molecular weight excluding hydrogens is 157 g/mol. The molecule has 1 aliphatic rings. The number of alkyl halides is 2. The van der Waals surface area contributed by atoms with Crippen LogP contribution in [0.5, 0.6) is 0 Å². The van der Waals surface area contributed by atoms with Crippen LogP contribution in [0.15, 0.2) is 23.6 Å². The molecule has 11 heavy (non-hydrogen) atoms. The van der Waals surface area contributed by atoms with E-state index in [0.717, 1.165) is 12.2 Å². The van der Waals surface area contributed by atoms with Crippen molar-refractivity contribution in [3.05, 3.63) is 23.6 Å². The number of halogens is 3. The molecule has 1 nitrogen and oxygen atoms in total. The van der Waals surface area contributed by atoms with Gasteiger partial charge in [-0.25, -0.2) is 13.2 Å². The van der Waals surface area contributed by atoms with Crippen molar-refractivity contribution >= 4 is 6.29 Å². The quantitative estimate of drug-likeness (QED) is 0.536.